The minimum absolute atomic E-state index is 0.290. The molecule has 8 nitrogen and oxygen atoms in total. The molecule has 0 atom stereocenters. The number of nitrogens with zero attached hydrogens (tertiary/aromatic N) is 5. The molecule has 0 spiro atoms. The van der Waals surface area contributed by atoms with Crippen LogP contribution in [0.15, 0.2) is 83.8 Å². The average Bonchev–Trinajstić information content (AvgIpc) is 3.64. The Morgan fingerprint density at radius 3 is 2.34 bits per heavy atom. The van der Waals surface area contributed by atoms with Crippen molar-refractivity contribution >= 4 is 22.4 Å². The lowest BCUT2D eigenvalue weighted by Gasteiger charge is -2.07. The molecule has 3 heterocycles. The topological polar surface area (TPSA) is 83.5 Å². The Kier molecular flexibility index (Phi) is 5.93. The number of halogens is 1. The second-order valence-electron chi connectivity index (χ2n) is 8.34. The molecule has 0 fully saturated rings. The summed E-state index contributed by atoms with van der Waals surface area (Å²) in [6.45, 7) is 0. The number of thiazole rings is 1. The average molecular weight is 526 g/mol. The van der Waals surface area contributed by atoms with Crippen molar-refractivity contribution in [1.29, 1.82) is 0 Å². The van der Waals surface area contributed by atoms with Crippen molar-refractivity contribution in [2.24, 2.45) is 0 Å². The van der Waals surface area contributed by atoms with Gasteiger partial charge in [0.1, 0.15) is 11.5 Å². The van der Waals surface area contributed by atoms with Crippen molar-refractivity contribution in [1.82, 2.24) is 24.4 Å². The third-order valence-corrected chi connectivity index (χ3v) is 6.95. The molecule has 0 saturated carbocycles. The summed E-state index contributed by atoms with van der Waals surface area (Å²) in [5.74, 6) is 1.21. The van der Waals surface area contributed by atoms with E-state index in [0.717, 1.165) is 11.3 Å². The van der Waals surface area contributed by atoms with Crippen LogP contribution in [-0.4, -0.2) is 38.6 Å². The Morgan fingerprint density at radius 1 is 0.895 bits per heavy atom. The quantitative estimate of drug-likeness (QED) is 0.321. The molecule has 0 aliphatic heterocycles. The first-order valence-electron chi connectivity index (χ1n) is 11.6. The minimum Gasteiger partial charge on any atom is -0.493 e. The third kappa shape index (κ3) is 4.20. The van der Waals surface area contributed by atoms with E-state index in [4.69, 9.17) is 14.6 Å². The first kappa shape index (κ1) is 23.6. The normalized spacial score (nSPS) is 11.8. The molecule has 0 saturated heterocycles. The van der Waals surface area contributed by atoms with E-state index in [1.165, 1.54) is 28.0 Å². The highest BCUT2D eigenvalue weighted by Gasteiger charge is 2.16. The fraction of sp³-hybridized carbons (Fsp3) is 0.0714. The first-order chi connectivity index (χ1) is 18.5. The number of hydrogen-bond donors (Lipinski definition) is 0. The molecule has 0 bridgehead atoms. The van der Waals surface area contributed by atoms with Crippen LogP contribution in [0.25, 0.3) is 39.4 Å². The minimum atomic E-state index is -0.334. The zero-order chi connectivity index (χ0) is 26.2. The van der Waals surface area contributed by atoms with Crippen molar-refractivity contribution in [2.75, 3.05) is 14.2 Å². The van der Waals surface area contributed by atoms with Gasteiger partial charge in [-0.05, 0) is 60.7 Å². The van der Waals surface area contributed by atoms with Gasteiger partial charge in [0.25, 0.3) is 5.56 Å². The lowest BCUT2D eigenvalue weighted by atomic mass is 10.1. The number of ether oxygens (including phenoxy) is 2. The molecule has 6 aromatic rings. The summed E-state index contributed by atoms with van der Waals surface area (Å²) in [7, 11) is 3.12. The molecular formula is C28H20FN5O3S. The second kappa shape index (κ2) is 9.56. The van der Waals surface area contributed by atoms with Gasteiger partial charge in [0.2, 0.25) is 4.96 Å². The van der Waals surface area contributed by atoms with E-state index in [1.54, 1.807) is 49.2 Å². The van der Waals surface area contributed by atoms with Crippen LogP contribution in [0.5, 0.6) is 11.5 Å². The summed E-state index contributed by atoms with van der Waals surface area (Å²) in [5, 5.41) is 9.18. The molecule has 6 rings (SSSR count). The standard InChI is InChI=1S/C28H20FN5O3S/c1-36-22-13-10-18(14-23(22)37-2)26-30-28-34(32-26)27(35)24(38-28)15-19-16-33(21-6-4-3-5-7-21)31-25(19)17-8-11-20(29)12-9-17/h3-16H,1-2H3/b24-15-. The van der Waals surface area contributed by atoms with E-state index in [1.807, 2.05) is 42.6 Å². The van der Waals surface area contributed by atoms with Crippen LogP contribution in [0.4, 0.5) is 4.39 Å². The number of fused-ring (bicyclic) bond motifs is 1. The molecule has 10 heteroatoms. The lowest BCUT2D eigenvalue weighted by molar-refractivity contribution is 0.355. The molecule has 0 unspecified atom stereocenters. The summed E-state index contributed by atoms with van der Waals surface area (Å²) < 4.78 is 27.7. The molecular weight excluding hydrogens is 505 g/mol. The highest BCUT2D eigenvalue weighted by Crippen LogP contribution is 2.31. The molecule has 38 heavy (non-hydrogen) atoms. The zero-order valence-electron chi connectivity index (χ0n) is 20.3. The number of rotatable bonds is 6. The maximum absolute atomic E-state index is 13.6. The van der Waals surface area contributed by atoms with Crippen molar-refractivity contribution in [3.05, 3.63) is 105 Å². The van der Waals surface area contributed by atoms with Gasteiger partial charge < -0.3 is 9.47 Å². The van der Waals surface area contributed by atoms with Gasteiger partial charge in [0.05, 0.1) is 24.4 Å². The predicted molar refractivity (Wildman–Crippen MR) is 143 cm³/mol. The van der Waals surface area contributed by atoms with Crippen LogP contribution in [-0.2, 0) is 0 Å². The van der Waals surface area contributed by atoms with Crippen molar-refractivity contribution in [2.45, 2.75) is 0 Å². The monoisotopic (exact) mass is 525 g/mol. The number of aromatic nitrogens is 5. The predicted octanol–water partition coefficient (Wildman–Crippen LogP) is 4.37. The fourth-order valence-electron chi connectivity index (χ4n) is 4.11. The highest BCUT2D eigenvalue weighted by atomic mass is 32.1. The van der Waals surface area contributed by atoms with E-state index in [0.29, 0.717) is 43.6 Å². The number of methoxy groups -OCH3 is 2. The lowest BCUT2D eigenvalue weighted by Crippen LogP contribution is -2.23. The van der Waals surface area contributed by atoms with Gasteiger partial charge in [0, 0.05) is 22.9 Å². The van der Waals surface area contributed by atoms with E-state index in [-0.39, 0.29) is 11.4 Å². The second-order valence-corrected chi connectivity index (χ2v) is 9.34. The Bertz CT molecular complexity index is 1880. The smallest absolute Gasteiger partial charge is 0.291 e. The SMILES string of the molecule is COc1ccc(-c2nc3s/c(=C\c4cn(-c5ccccc5)nc4-c4ccc(F)cc4)c(=O)n3n2)cc1OC. The number of para-hydroxylation sites is 1. The van der Waals surface area contributed by atoms with E-state index in [2.05, 4.69) is 10.1 Å². The summed E-state index contributed by atoms with van der Waals surface area (Å²) in [5.41, 5.74) is 3.34. The third-order valence-electron chi connectivity index (χ3n) is 5.99. The van der Waals surface area contributed by atoms with Crippen molar-refractivity contribution < 1.29 is 13.9 Å². The van der Waals surface area contributed by atoms with Crippen molar-refractivity contribution in [3.8, 4) is 39.8 Å². The Morgan fingerprint density at radius 2 is 1.63 bits per heavy atom. The molecule has 0 aliphatic carbocycles. The maximum atomic E-state index is 13.6. The molecule has 188 valence electrons. The Hall–Kier alpha value is -4.83. The molecule has 3 aromatic carbocycles. The van der Waals surface area contributed by atoms with Crippen LogP contribution in [0.1, 0.15) is 5.56 Å². The van der Waals surface area contributed by atoms with Gasteiger partial charge in [0.15, 0.2) is 17.3 Å². The summed E-state index contributed by atoms with van der Waals surface area (Å²) in [6.07, 6.45) is 3.61. The molecule has 0 radical (unpaired) electrons. The Balaban J connectivity index is 1.45. The van der Waals surface area contributed by atoms with Crippen LogP contribution >= 0.6 is 11.3 Å². The molecule has 0 aliphatic rings. The van der Waals surface area contributed by atoms with Crippen LogP contribution in [0.3, 0.4) is 0 Å². The van der Waals surface area contributed by atoms with Gasteiger partial charge in [-0.25, -0.2) is 9.07 Å². The highest BCUT2D eigenvalue weighted by molar-refractivity contribution is 7.15. The first-order valence-corrected chi connectivity index (χ1v) is 12.4. The Labute approximate surface area is 219 Å². The summed E-state index contributed by atoms with van der Waals surface area (Å²) in [6, 6.07) is 21.1. The van der Waals surface area contributed by atoms with Gasteiger partial charge in [-0.3, -0.25) is 4.79 Å². The molecule has 3 aromatic heterocycles. The summed E-state index contributed by atoms with van der Waals surface area (Å²) >= 11 is 1.23. The van der Waals surface area contributed by atoms with Gasteiger partial charge >= 0.3 is 0 Å². The maximum Gasteiger partial charge on any atom is 0.291 e. The van der Waals surface area contributed by atoms with Gasteiger partial charge in [-0.2, -0.15) is 14.6 Å². The van der Waals surface area contributed by atoms with Crippen LogP contribution in [0, 0.1) is 5.82 Å². The molecule has 0 amide bonds. The van der Waals surface area contributed by atoms with Gasteiger partial charge in [-0.1, -0.05) is 29.5 Å². The zero-order valence-corrected chi connectivity index (χ0v) is 21.1. The molecule has 0 N–H and O–H groups in total. The van der Waals surface area contributed by atoms with E-state index in [9.17, 15) is 9.18 Å². The van der Waals surface area contributed by atoms with E-state index >= 15 is 0 Å². The van der Waals surface area contributed by atoms with Crippen LogP contribution < -0.4 is 19.6 Å². The number of hydrogen-bond acceptors (Lipinski definition) is 7. The fourth-order valence-corrected chi connectivity index (χ4v) is 5.01. The number of benzene rings is 3. The van der Waals surface area contributed by atoms with Crippen LogP contribution in [0.2, 0.25) is 0 Å². The largest absolute Gasteiger partial charge is 0.493 e. The van der Waals surface area contributed by atoms with Gasteiger partial charge in [-0.15, -0.1) is 5.10 Å². The van der Waals surface area contributed by atoms with Crippen molar-refractivity contribution in [3.63, 3.8) is 0 Å². The summed E-state index contributed by atoms with van der Waals surface area (Å²) in [4.78, 5) is 18.3. The van der Waals surface area contributed by atoms with E-state index < -0.39 is 0 Å².